The van der Waals surface area contributed by atoms with E-state index in [0.717, 1.165) is 17.0 Å². The Morgan fingerprint density at radius 1 is 1.31 bits per heavy atom. The zero-order valence-corrected chi connectivity index (χ0v) is 17.1. The summed E-state index contributed by atoms with van der Waals surface area (Å²) in [5, 5.41) is 0.0596. The third kappa shape index (κ3) is 4.08. The molecule has 0 aliphatic carbocycles. The molecule has 4 amide bonds. The number of halogens is 3. The molecule has 2 N–H and O–H groups in total. The number of rotatable bonds is 5. The topological polar surface area (TPSA) is 95.6 Å². The number of fused-ring (bicyclic) bond motifs is 1. The molecule has 2 aliphatic rings. The van der Waals surface area contributed by atoms with E-state index < -0.39 is 47.7 Å². The Kier molecular flexibility index (Phi) is 4.48. The van der Waals surface area contributed by atoms with Gasteiger partial charge in [-0.1, -0.05) is 35.9 Å². The number of benzene rings is 2. The minimum Gasteiger partial charge on any atom is -0.346 e. The zero-order chi connectivity index (χ0) is 26.6. The molecule has 10 heteroatoms. The highest BCUT2D eigenvalue weighted by molar-refractivity contribution is 6.30. The molecule has 0 saturated carbocycles. The van der Waals surface area contributed by atoms with Crippen molar-refractivity contribution in [2.24, 2.45) is 0 Å². The first-order valence-electron chi connectivity index (χ1n) is 11.5. The number of carbonyl (C=O) groups is 4. The molecule has 1 unspecified atom stereocenters. The first kappa shape index (κ1) is 17.3. The fourth-order valence-corrected chi connectivity index (χ4v) is 3.58. The average Bonchev–Trinajstić information content (AvgIpc) is 3.20. The van der Waals surface area contributed by atoms with Crippen molar-refractivity contribution in [2.75, 3.05) is 0 Å². The van der Waals surface area contributed by atoms with Gasteiger partial charge in [-0.05, 0) is 35.7 Å². The second kappa shape index (κ2) is 8.31. The molecule has 32 heavy (non-hydrogen) atoms. The molecule has 2 aromatic carbocycles. The lowest BCUT2D eigenvalue weighted by molar-refractivity contribution is -0.147. The van der Waals surface area contributed by atoms with E-state index in [1.54, 1.807) is 0 Å². The number of amides is 4. The van der Waals surface area contributed by atoms with Gasteiger partial charge in [0.05, 0.1) is 2.74 Å². The van der Waals surface area contributed by atoms with Crippen molar-refractivity contribution < 1.29 is 33.5 Å². The Hall–Kier alpha value is -3.33. The molecule has 0 spiro atoms. The number of nitrogens with zero attached hydrogens (tertiary/aromatic N) is 1. The lowest BCUT2D eigenvalue weighted by Crippen LogP contribution is -2.52. The largest absolute Gasteiger partial charge is 0.349 e. The molecule has 2 atom stereocenters. The van der Waals surface area contributed by atoms with Crippen molar-refractivity contribution >= 4 is 35.2 Å². The first-order valence-corrected chi connectivity index (χ1v) is 9.86. The minimum absolute atomic E-state index is 0.0510. The molecule has 166 valence electrons. The molecular formula is C22H18ClF2N3O4. The van der Waals surface area contributed by atoms with Crippen molar-refractivity contribution in [2.45, 2.75) is 37.8 Å². The third-order valence-electron chi connectivity index (χ3n) is 5.11. The SMILES string of the molecule is [2H]C(c1ccc2c(c1)CN([C@]1([2H])CCC(=O)N([2H])C1=O)C2=O)N([2H])C(=O)C(F)(F)c1ccc(Cl)cc1. The highest BCUT2D eigenvalue weighted by atomic mass is 35.5. The van der Waals surface area contributed by atoms with E-state index in [0.29, 0.717) is 0 Å². The predicted octanol–water partition coefficient (Wildman–Crippen LogP) is 2.51. The van der Waals surface area contributed by atoms with Crippen LogP contribution in [0.1, 0.15) is 42.6 Å². The van der Waals surface area contributed by atoms with Crippen LogP contribution in [0.2, 0.25) is 7.85 Å². The summed E-state index contributed by atoms with van der Waals surface area (Å²) in [5.41, 5.74) is -0.428. The lowest BCUT2D eigenvalue weighted by atomic mass is 10.0. The van der Waals surface area contributed by atoms with E-state index in [1.807, 2.05) is 0 Å². The summed E-state index contributed by atoms with van der Waals surface area (Å²) in [5.74, 6) is -8.72. The number of alkyl halides is 2. The number of hydrogen-bond acceptors (Lipinski definition) is 4. The summed E-state index contributed by atoms with van der Waals surface area (Å²) in [7, 11) is 0. The van der Waals surface area contributed by atoms with Crippen molar-refractivity contribution in [1.82, 2.24) is 15.5 Å². The molecular weight excluding hydrogens is 444 g/mol. The molecule has 0 bridgehead atoms. The van der Waals surface area contributed by atoms with Gasteiger partial charge in [0.2, 0.25) is 11.8 Å². The number of hydrogen-bond donors (Lipinski definition) is 2. The average molecular weight is 466 g/mol. The highest BCUT2D eigenvalue weighted by Gasteiger charge is 2.41. The van der Waals surface area contributed by atoms with Gasteiger partial charge in [0.15, 0.2) is 2.82 Å². The normalized spacial score (nSPS) is 23.8. The molecule has 4 rings (SSSR count). The van der Waals surface area contributed by atoms with Crippen LogP contribution in [-0.2, 0) is 33.4 Å². The van der Waals surface area contributed by atoms with E-state index in [4.69, 9.17) is 17.2 Å². The minimum atomic E-state index is -4.10. The Morgan fingerprint density at radius 2 is 2.03 bits per heavy atom. The van der Waals surface area contributed by atoms with Gasteiger partial charge in [-0.3, -0.25) is 24.5 Å². The molecule has 0 radical (unpaired) electrons. The third-order valence-corrected chi connectivity index (χ3v) is 5.37. The van der Waals surface area contributed by atoms with Crippen LogP contribution in [0.15, 0.2) is 42.5 Å². The van der Waals surface area contributed by atoms with Crippen LogP contribution >= 0.6 is 11.6 Å². The fourth-order valence-electron chi connectivity index (χ4n) is 3.45. The predicted molar refractivity (Wildman–Crippen MR) is 110 cm³/mol. The molecule has 2 aromatic rings. The Balaban J connectivity index is 1.56. The fraction of sp³-hybridized carbons (Fsp3) is 0.273. The van der Waals surface area contributed by atoms with Gasteiger partial charge in [0.1, 0.15) is 6.02 Å². The summed E-state index contributed by atoms with van der Waals surface area (Å²) >= 11 is 5.69. The van der Waals surface area contributed by atoms with Crippen LogP contribution in [0.5, 0.6) is 0 Å². The number of nitrogens with one attached hydrogen (secondary N) is 2. The maximum atomic E-state index is 14.7. The van der Waals surface area contributed by atoms with Crippen molar-refractivity contribution in [1.29, 1.82) is 0 Å². The standard InChI is InChI=1S/C22H18ClF2N3O4/c23-15-4-2-14(3-5-15)22(24,25)21(32)26-10-12-1-6-16-13(9-12)11-28(20(16)31)17-7-8-18(29)27-19(17)30/h1-6,9,17H,7-8,10-11H2,(H,26,32)(H,27,29,30)/t17-/m1/s1/i10D,17D/hD2/t10?,17-. The molecule has 2 aliphatic heterocycles. The second-order valence-electron chi connectivity index (χ2n) is 7.21. The zero-order valence-electron chi connectivity index (χ0n) is 20.3. The van der Waals surface area contributed by atoms with Gasteiger partial charge in [-0.15, -0.1) is 0 Å². The van der Waals surface area contributed by atoms with Gasteiger partial charge in [-0.25, -0.2) is 0 Å². The Labute approximate surface area is 192 Å². The van der Waals surface area contributed by atoms with Crippen molar-refractivity contribution in [3.63, 3.8) is 0 Å². The van der Waals surface area contributed by atoms with E-state index in [-0.39, 0.29) is 51.7 Å². The number of piperidine rings is 1. The van der Waals surface area contributed by atoms with Gasteiger partial charge in [-0.2, -0.15) is 8.78 Å². The van der Waals surface area contributed by atoms with E-state index in [2.05, 4.69) is 0 Å². The highest BCUT2D eigenvalue weighted by Crippen LogP contribution is 2.30. The van der Waals surface area contributed by atoms with Crippen LogP contribution < -0.4 is 10.6 Å². The summed E-state index contributed by atoms with van der Waals surface area (Å²) in [6.07, 6.45) is -0.584. The Bertz CT molecular complexity index is 1280. The quantitative estimate of drug-likeness (QED) is 0.663. The van der Waals surface area contributed by atoms with E-state index >= 15 is 0 Å². The lowest BCUT2D eigenvalue weighted by Gasteiger charge is -2.29. The van der Waals surface area contributed by atoms with Crippen molar-refractivity contribution in [3.05, 3.63) is 69.7 Å². The van der Waals surface area contributed by atoms with Crippen molar-refractivity contribution in [3.8, 4) is 0 Å². The van der Waals surface area contributed by atoms with Gasteiger partial charge in [0, 0.05) is 35.6 Å². The monoisotopic (exact) mass is 465 g/mol. The summed E-state index contributed by atoms with van der Waals surface area (Å²) < 4.78 is 61.5. The second-order valence-corrected chi connectivity index (χ2v) is 7.65. The molecule has 0 aromatic heterocycles. The molecule has 7 nitrogen and oxygen atoms in total. The number of imide groups is 1. The maximum absolute atomic E-state index is 14.7. The summed E-state index contributed by atoms with van der Waals surface area (Å²) in [6, 6.07) is 5.76. The van der Waals surface area contributed by atoms with Crippen LogP contribution in [0.3, 0.4) is 0 Å². The van der Waals surface area contributed by atoms with Crippen LogP contribution in [-0.4, -0.2) is 34.5 Å². The Morgan fingerprint density at radius 3 is 2.75 bits per heavy atom. The van der Waals surface area contributed by atoms with E-state index in [9.17, 15) is 28.0 Å². The van der Waals surface area contributed by atoms with Crippen LogP contribution in [0.25, 0.3) is 0 Å². The molecule has 1 saturated heterocycles. The van der Waals surface area contributed by atoms with Gasteiger partial charge >= 0.3 is 5.92 Å². The number of carbonyl (C=O) groups excluding carboxylic acids is 4. The van der Waals surface area contributed by atoms with Crippen LogP contribution in [0, 0.1) is 0 Å². The van der Waals surface area contributed by atoms with Gasteiger partial charge < -0.3 is 10.2 Å². The molecule has 2 heterocycles. The summed E-state index contributed by atoms with van der Waals surface area (Å²) in [4.78, 5) is 50.3. The van der Waals surface area contributed by atoms with Gasteiger partial charge in [0.25, 0.3) is 11.8 Å². The maximum Gasteiger partial charge on any atom is 0.349 e. The van der Waals surface area contributed by atoms with Crippen LogP contribution in [0.4, 0.5) is 8.78 Å². The van der Waals surface area contributed by atoms with E-state index in [1.165, 1.54) is 30.3 Å². The summed E-state index contributed by atoms with van der Waals surface area (Å²) in [6.45, 7) is -2.16. The first-order chi connectivity index (χ1) is 16.8. The molecule has 1 fully saturated rings. The smallest absolute Gasteiger partial charge is 0.346 e.